The lowest BCUT2D eigenvalue weighted by molar-refractivity contribution is 0.466. The van der Waals surface area contributed by atoms with Gasteiger partial charge in [0.2, 0.25) is 9.84 Å². The van der Waals surface area contributed by atoms with Gasteiger partial charge < -0.3 is 10.2 Å². The fourth-order valence-corrected chi connectivity index (χ4v) is 6.04. The Morgan fingerprint density at radius 2 is 1.74 bits per heavy atom. The molecular formula is C21H25FN2O2S. The van der Waals surface area contributed by atoms with Crippen molar-refractivity contribution in [3.8, 4) is 0 Å². The molecular weight excluding hydrogens is 363 g/mol. The van der Waals surface area contributed by atoms with Crippen LogP contribution in [0.3, 0.4) is 0 Å². The lowest BCUT2D eigenvalue weighted by Crippen LogP contribution is -2.36. The van der Waals surface area contributed by atoms with Crippen LogP contribution in [0.1, 0.15) is 38.2 Å². The second kappa shape index (κ2) is 6.60. The zero-order valence-electron chi connectivity index (χ0n) is 15.8. The number of fused-ring (bicyclic) bond motifs is 3. The van der Waals surface area contributed by atoms with Crippen LogP contribution in [0, 0.1) is 5.82 Å². The molecule has 6 heteroatoms. The first-order valence-electron chi connectivity index (χ1n) is 9.41. The Labute approximate surface area is 160 Å². The molecule has 0 aromatic heterocycles. The number of halogens is 1. The summed E-state index contributed by atoms with van der Waals surface area (Å²) < 4.78 is 39.6. The molecule has 0 spiro atoms. The summed E-state index contributed by atoms with van der Waals surface area (Å²) in [4.78, 5) is 2.52. The molecule has 2 aromatic rings. The van der Waals surface area contributed by atoms with E-state index in [-0.39, 0.29) is 9.79 Å². The molecule has 2 aliphatic rings. The van der Waals surface area contributed by atoms with E-state index in [9.17, 15) is 12.8 Å². The molecule has 2 heterocycles. The van der Waals surface area contributed by atoms with E-state index in [1.807, 2.05) is 6.07 Å². The first-order chi connectivity index (χ1) is 12.8. The SMILES string of the molecule is CC1C[C@@H]2c3cc(S(=O)(=O)c4cccc(F)c4)ccc3N(C)[C@@H]2CC(C)N1. The summed E-state index contributed by atoms with van der Waals surface area (Å²) in [6, 6.07) is 11.7. The Hall–Kier alpha value is -1.92. The number of nitrogens with one attached hydrogen (secondary N) is 1. The molecule has 144 valence electrons. The smallest absolute Gasteiger partial charge is 0.206 e. The average Bonchev–Trinajstić information content (AvgIpc) is 2.76. The lowest BCUT2D eigenvalue weighted by atomic mass is 9.88. The van der Waals surface area contributed by atoms with Crippen LogP contribution in [-0.2, 0) is 9.84 Å². The second-order valence-electron chi connectivity index (χ2n) is 7.91. The summed E-state index contributed by atoms with van der Waals surface area (Å²) in [6.45, 7) is 4.39. The summed E-state index contributed by atoms with van der Waals surface area (Å²) in [5.41, 5.74) is 2.19. The van der Waals surface area contributed by atoms with Crippen molar-refractivity contribution in [1.82, 2.24) is 5.32 Å². The Balaban J connectivity index is 1.78. The van der Waals surface area contributed by atoms with Crippen LogP contribution in [0.25, 0.3) is 0 Å². The van der Waals surface area contributed by atoms with Gasteiger partial charge in [-0.2, -0.15) is 0 Å². The van der Waals surface area contributed by atoms with Gasteiger partial charge in [0.05, 0.1) is 9.79 Å². The number of likely N-dealkylation sites (N-methyl/N-ethyl adjacent to an activating group) is 1. The molecule has 4 nitrogen and oxygen atoms in total. The summed E-state index contributed by atoms with van der Waals surface area (Å²) in [5.74, 6) is -0.255. The molecule has 1 saturated heterocycles. The first-order valence-corrected chi connectivity index (χ1v) is 10.9. The van der Waals surface area contributed by atoms with Crippen LogP contribution in [0.4, 0.5) is 10.1 Å². The van der Waals surface area contributed by atoms with Gasteiger partial charge >= 0.3 is 0 Å². The highest BCUT2D eigenvalue weighted by Crippen LogP contribution is 2.46. The van der Waals surface area contributed by atoms with Crippen LogP contribution < -0.4 is 10.2 Å². The molecule has 2 aliphatic heterocycles. The molecule has 0 radical (unpaired) electrons. The number of anilines is 1. The summed E-state index contributed by atoms with van der Waals surface area (Å²) in [6.07, 6.45) is 1.99. The highest BCUT2D eigenvalue weighted by molar-refractivity contribution is 7.91. The maximum Gasteiger partial charge on any atom is 0.206 e. The second-order valence-corrected chi connectivity index (χ2v) is 9.86. The van der Waals surface area contributed by atoms with E-state index in [1.54, 1.807) is 12.1 Å². The van der Waals surface area contributed by atoms with Crippen LogP contribution in [0.5, 0.6) is 0 Å². The highest BCUT2D eigenvalue weighted by Gasteiger charge is 2.40. The van der Waals surface area contributed by atoms with Crippen molar-refractivity contribution in [3.05, 3.63) is 53.8 Å². The van der Waals surface area contributed by atoms with E-state index < -0.39 is 15.7 Å². The molecule has 4 rings (SSSR count). The molecule has 2 unspecified atom stereocenters. The number of hydrogen-bond acceptors (Lipinski definition) is 4. The van der Waals surface area contributed by atoms with Crippen molar-refractivity contribution in [2.75, 3.05) is 11.9 Å². The monoisotopic (exact) mass is 388 g/mol. The molecule has 4 atom stereocenters. The predicted molar refractivity (Wildman–Crippen MR) is 105 cm³/mol. The Morgan fingerprint density at radius 3 is 2.48 bits per heavy atom. The minimum Gasteiger partial charge on any atom is -0.371 e. The predicted octanol–water partition coefficient (Wildman–Crippen LogP) is 3.72. The fraction of sp³-hybridized carbons (Fsp3) is 0.429. The number of nitrogens with zero attached hydrogens (tertiary/aromatic N) is 1. The topological polar surface area (TPSA) is 49.4 Å². The molecule has 0 saturated carbocycles. The summed E-state index contributed by atoms with van der Waals surface area (Å²) >= 11 is 0. The third-order valence-corrected chi connectivity index (χ3v) is 7.68. The van der Waals surface area contributed by atoms with Gasteiger partial charge in [0.25, 0.3) is 0 Å². The van der Waals surface area contributed by atoms with E-state index in [4.69, 9.17) is 0 Å². The van der Waals surface area contributed by atoms with Gasteiger partial charge in [0, 0.05) is 36.8 Å². The third kappa shape index (κ3) is 3.15. The molecule has 1 fully saturated rings. The molecule has 27 heavy (non-hydrogen) atoms. The van der Waals surface area contributed by atoms with E-state index >= 15 is 0 Å². The number of rotatable bonds is 2. The van der Waals surface area contributed by atoms with Crippen molar-refractivity contribution < 1.29 is 12.8 Å². The Kier molecular flexibility index (Phi) is 4.51. The standard InChI is InChI=1S/C21H25FN2O2S/c1-13-9-18-19-12-17(27(25,26)16-6-4-5-15(22)11-16)7-8-20(19)24(3)21(18)10-14(2)23-13/h4-8,11-14,18,21,23H,9-10H2,1-3H3/t13?,14?,18-,21-/m1/s1. The molecule has 2 aromatic carbocycles. The first kappa shape index (κ1) is 18.4. The van der Waals surface area contributed by atoms with E-state index in [0.717, 1.165) is 30.2 Å². The Bertz CT molecular complexity index is 976. The van der Waals surface area contributed by atoms with Crippen molar-refractivity contribution in [2.24, 2.45) is 0 Å². The van der Waals surface area contributed by atoms with Gasteiger partial charge in [-0.25, -0.2) is 12.8 Å². The van der Waals surface area contributed by atoms with E-state index in [2.05, 4.69) is 31.1 Å². The van der Waals surface area contributed by atoms with Crippen molar-refractivity contribution in [2.45, 2.75) is 60.5 Å². The van der Waals surface area contributed by atoms with Gasteiger partial charge in [-0.1, -0.05) is 6.07 Å². The molecule has 0 aliphatic carbocycles. The maximum absolute atomic E-state index is 13.6. The fourth-order valence-electron chi connectivity index (χ4n) is 4.72. The minimum atomic E-state index is -3.75. The average molecular weight is 389 g/mol. The van der Waals surface area contributed by atoms with Gasteiger partial charge in [0.1, 0.15) is 5.82 Å². The zero-order chi connectivity index (χ0) is 19.3. The molecule has 0 bridgehead atoms. The van der Waals surface area contributed by atoms with Crippen molar-refractivity contribution in [1.29, 1.82) is 0 Å². The number of benzene rings is 2. The van der Waals surface area contributed by atoms with E-state index in [0.29, 0.717) is 24.0 Å². The third-order valence-electron chi connectivity index (χ3n) is 5.93. The number of hydrogen-bond donors (Lipinski definition) is 1. The summed E-state index contributed by atoms with van der Waals surface area (Å²) in [5, 5.41) is 3.61. The van der Waals surface area contributed by atoms with Gasteiger partial charge in [-0.3, -0.25) is 0 Å². The lowest BCUT2D eigenvalue weighted by Gasteiger charge is -2.26. The molecule has 1 N–H and O–H groups in total. The van der Waals surface area contributed by atoms with Gasteiger partial charge in [-0.05, 0) is 68.7 Å². The molecule has 0 amide bonds. The van der Waals surface area contributed by atoms with Crippen LogP contribution in [0.15, 0.2) is 52.3 Å². The summed E-state index contributed by atoms with van der Waals surface area (Å²) in [7, 11) is -1.66. The van der Waals surface area contributed by atoms with Gasteiger partial charge in [-0.15, -0.1) is 0 Å². The van der Waals surface area contributed by atoms with Crippen molar-refractivity contribution >= 4 is 15.5 Å². The van der Waals surface area contributed by atoms with Crippen LogP contribution in [-0.4, -0.2) is 33.6 Å². The zero-order valence-corrected chi connectivity index (χ0v) is 16.6. The Morgan fingerprint density at radius 1 is 1.04 bits per heavy atom. The van der Waals surface area contributed by atoms with E-state index in [1.165, 1.54) is 18.2 Å². The van der Waals surface area contributed by atoms with Crippen molar-refractivity contribution in [3.63, 3.8) is 0 Å². The van der Waals surface area contributed by atoms with Crippen LogP contribution in [0.2, 0.25) is 0 Å². The highest BCUT2D eigenvalue weighted by atomic mass is 32.2. The largest absolute Gasteiger partial charge is 0.371 e. The van der Waals surface area contributed by atoms with Crippen LogP contribution >= 0.6 is 0 Å². The maximum atomic E-state index is 13.6. The number of sulfone groups is 1. The van der Waals surface area contributed by atoms with Gasteiger partial charge in [0.15, 0.2) is 0 Å². The quantitative estimate of drug-likeness (QED) is 0.852. The normalized spacial score (nSPS) is 27.8. The minimum absolute atomic E-state index is 0.00475.